The molecule has 1 atom stereocenters. The Morgan fingerprint density at radius 1 is 1.22 bits per heavy atom. The number of carbonyl (C=O) groups is 1. The number of benzene rings is 1. The Morgan fingerprint density at radius 3 is 2.37 bits per heavy atom. The zero-order chi connectivity index (χ0) is 20.4. The van der Waals surface area contributed by atoms with Crippen LogP contribution in [0.3, 0.4) is 0 Å². The number of amides is 1. The lowest BCUT2D eigenvalue weighted by molar-refractivity contribution is -0.141. The summed E-state index contributed by atoms with van der Waals surface area (Å²) in [5, 5.41) is 2.10. The average molecular weight is 448 g/mol. The van der Waals surface area contributed by atoms with E-state index in [1.807, 2.05) is 5.32 Å². The molecule has 1 fully saturated rings. The van der Waals surface area contributed by atoms with Gasteiger partial charge >= 0.3 is 6.18 Å². The Balaban J connectivity index is 2.00. The summed E-state index contributed by atoms with van der Waals surface area (Å²) in [6.45, 7) is 0.599. The summed E-state index contributed by atoms with van der Waals surface area (Å²) in [4.78, 5) is 13.4. The fraction of sp³-hybridized carbons (Fsp3) is 0.533. The van der Waals surface area contributed by atoms with Crippen LogP contribution >= 0.6 is 23.2 Å². The van der Waals surface area contributed by atoms with Crippen LogP contribution < -0.4 is 5.32 Å². The van der Waals surface area contributed by atoms with E-state index < -0.39 is 34.7 Å². The Morgan fingerprint density at radius 2 is 1.81 bits per heavy atom. The lowest BCUT2D eigenvalue weighted by Crippen LogP contribution is -2.55. The minimum atomic E-state index is -4.49. The van der Waals surface area contributed by atoms with Crippen LogP contribution in [0.5, 0.6) is 0 Å². The fourth-order valence-corrected chi connectivity index (χ4v) is 4.81. The van der Waals surface area contributed by atoms with E-state index in [2.05, 4.69) is 0 Å². The van der Waals surface area contributed by atoms with Crippen LogP contribution in [0.2, 0.25) is 10.0 Å². The van der Waals surface area contributed by atoms with Gasteiger partial charge in [-0.2, -0.15) is 17.5 Å². The van der Waals surface area contributed by atoms with E-state index in [1.54, 1.807) is 4.90 Å². The van der Waals surface area contributed by atoms with Gasteiger partial charge in [-0.15, -0.1) is 0 Å². The first-order valence-corrected chi connectivity index (χ1v) is 10.1. The second kappa shape index (κ2) is 8.52. The van der Waals surface area contributed by atoms with Crippen LogP contribution in [0.15, 0.2) is 23.1 Å². The third-order valence-corrected chi connectivity index (χ3v) is 6.79. The largest absolute Gasteiger partial charge is 0.405 e. The van der Waals surface area contributed by atoms with E-state index in [1.165, 1.54) is 29.4 Å². The van der Waals surface area contributed by atoms with Crippen LogP contribution in [-0.2, 0) is 14.8 Å². The smallest absolute Gasteiger partial charge is 0.346 e. The number of piperazine rings is 1. The molecule has 1 amide bonds. The summed E-state index contributed by atoms with van der Waals surface area (Å²) in [6.07, 6.45) is -4.49. The molecule has 1 N–H and O–H groups in total. The minimum Gasteiger partial charge on any atom is -0.346 e. The van der Waals surface area contributed by atoms with E-state index in [4.69, 9.17) is 23.2 Å². The van der Waals surface area contributed by atoms with Gasteiger partial charge in [-0.25, -0.2) is 8.42 Å². The first kappa shape index (κ1) is 22.2. The van der Waals surface area contributed by atoms with Gasteiger partial charge in [0, 0.05) is 31.2 Å². The molecule has 0 saturated carbocycles. The molecule has 6 nitrogen and oxygen atoms in total. The lowest BCUT2D eigenvalue weighted by atomic mass is 10.2. The van der Waals surface area contributed by atoms with Gasteiger partial charge in [0.1, 0.15) is 11.4 Å². The normalized spacial score (nSPS) is 18.3. The minimum absolute atomic E-state index is 0.0433. The molecule has 2 rings (SSSR count). The fourth-order valence-electron chi connectivity index (χ4n) is 2.65. The van der Waals surface area contributed by atoms with Crippen molar-refractivity contribution in [2.24, 2.45) is 0 Å². The van der Waals surface area contributed by atoms with Crippen molar-refractivity contribution in [1.82, 2.24) is 14.5 Å². The molecule has 27 heavy (non-hydrogen) atoms. The topological polar surface area (TPSA) is 69.7 Å². The highest BCUT2D eigenvalue weighted by molar-refractivity contribution is 7.89. The van der Waals surface area contributed by atoms with Crippen molar-refractivity contribution < 1.29 is 26.4 Å². The van der Waals surface area contributed by atoms with Gasteiger partial charge in [0.15, 0.2) is 0 Å². The van der Waals surface area contributed by atoms with Gasteiger partial charge < -0.3 is 5.32 Å². The third kappa shape index (κ3) is 5.71. The molecule has 1 saturated heterocycles. The Hall–Kier alpha value is -1.07. The summed E-state index contributed by atoms with van der Waals surface area (Å²) in [5.41, 5.74) is 0. The first-order valence-electron chi connectivity index (χ1n) is 7.95. The number of carbonyl (C=O) groups excluding carboxylic acids is 1. The summed E-state index contributed by atoms with van der Waals surface area (Å²) in [5.74, 6) is -0.762. The van der Waals surface area contributed by atoms with Crippen LogP contribution in [0.1, 0.15) is 6.92 Å². The van der Waals surface area contributed by atoms with Gasteiger partial charge in [0.25, 0.3) is 0 Å². The third-order valence-electron chi connectivity index (χ3n) is 4.17. The highest BCUT2D eigenvalue weighted by atomic mass is 35.5. The number of nitrogens with one attached hydrogen (secondary N) is 1. The maximum absolute atomic E-state index is 12.7. The SMILES string of the molecule is CC(C(=O)NCC(F)(F)F)N1CCN(S(=O)(=O)c2cc(Cl)ccc2Cl)CC1. The van der Waals surface area contributed by atoms with Crippen LogP contribution in [-0.4, -0.2) is 68.5 Å². The van der Waals surface area contributed by atoms with Crippen molar-refractivity contribution in [1.29, 1.82) is 0 Å². The van der Waals surface area contributed by atoms with E-state index >= 15 is 0 Å². The molecule has 0 aliphatic carbocycles. The maximum Gasteiger partial charge on any atom is 0.405 e. The molecule has 152 valence electrons. The molecule has 0 aromatic heterocycles. The number of alkyl halides is 3. The van der Waals surface area contributed by atoms with E-state index in [0.29, 0.717) is 0 Å². The van der Waals surface area contributed by atoms with Crippen LogP contribution in [0.25, 0.3) is 0 Å². The van der Waals surface area contributed by atoms with Crippen molar-refractivity contribution in [2.45, 2.75) is 24.0 Å². The molecular formula is C15H18Cl2F3N3O3S. The van der Waals surface area contributed by atoms with Crippen molar-refractivity contribution in [3.63, 3.8) is 0 Å². The zero-order valence-corrected chi connectivity index (χ0v) is 16.6. The Labute approximate surface area is 165 Å². The van der Waals surface area contributed by atoms with Gasteiger partial charge in [0.2, 0.25) is 15.9 Å². The maximum atomic E-state index is 12.7. The molecule has 0 bridgehead atoms. The summed E-state index contributed by atoms with van der Waals surface area (Å²) < 4.78 is 63.3. The quantitative estimate of drug-likeness (QED) is 0.751. The molecule has 1 aromatic rings. The molecule has 0 radical (unpaired) electrons. The van der Waals surface area contributed by atoms with Crippen molar-refractivity contribution in [2.75, 3.05) is 32.7 Å². The number of hydrogen-bond acceptors (Lipinski definition) is 4. The number of halogens is 5. The van der Waals surface area contributed by atoms with Crippen molar-refractivity contribution in [3.8, 4) is 0 Å². The molecule has 1 unspecified atom stereocenters. The summed E-state index contributed by atoms with van der Waals surface area (Å²) >= 11 is 11.8. The highest BCUT2D eigenvalue weighted by Crippen LogP contribution is 2.28. The summed E-state index contributed by atoms with van der Waals surface area (Å²) in [7, 11) is -3.87. The van der Waals surface area contributed by atoms with Crippen LogP contribution in [0.4, 0.5) is 13.2 Å². The Kier molecular flexibility index (Phi) is 7.01. The predicted molar refractivity (Wildman–Crippen MR) is 95.3 cm³/mol. The highest BCUT2D eigenvalue weighted by Gasteiger charge is 2.34. The van der Waals surface area contributed by atoms with E-state index in [0.717, 1.165) is 0 Å². The predicted octanol–water partition coefficient (Wildman–Crippen LogP) is 2.37. The number of sulfonamides is 1. The van der Waals surface area contributed by atoms with Crippen molar-refractivity contribution >= 4 is 39.1 Å². The Bertz CT molecular complexity index is 797. The second-order valence-corrected chi connectivity index (χ2v) is 8.77. The van der Waals surface area contributed by atoms with E-state index in [9.17, 15) is 26.4 Å². The van der Waals surface area contributed by atoms with Gasteiger partial charge in [-0.05, 0) is 25.1 Å². The molecular weight excluding hydrogens is 430 g/mol. The van der Waals surface area contributed by atoms with Crippen LogP contribution in [0, 0.1) is 0 Å². The summed E-state index contributed by atoms with van der Waals surface area (Å²) in [6, 6.07) is 3.31. The zero-order valence-electron chi connectivity index (χ0n) is 14.3. The first-order chi connectivity index (χ1) is 12.4. The van der Waals surface area contributed by atoms with Gasteiger partial charge in [-0.1, -0.05) is 23.2 Å². The molecule has 1 aliphatic heterocycles. The van der Waals surface area contributed by atoms with Gasteiger partial charge in [0.05, 0.1) is 11.1 Å². The lowest BCUT2D eigenvalue weighted by Gasteiger charge is -2.36. The average Bonchev–Trinajstić information content (AvgIpc) is 2.60. The molecule has 1 heterocycles. The number of rotatable bonds is 5. The molecule has 12 heteroatoms. The number of nitrogens with zero attached hydrogens (tertiary/aromatic N) is 2. The van der Waals surface area contributed by atoms with Gasteiger partial charge in [-0.3, -0.25) is 9.69 Å². The standard InChI is InChI=1S/C15H18Cl2F3N3O3S/c1-10(14(24)21-9-15(18,19)20)22-4-6-23(7-5-22)27(25,26)13-8-11(16)2-3-12(13)17/h2-3,8,10H,4-7,9H2,1H3,(H,21,24). The molecule has 1 aromatic carbocycles. The molecule has 1 aliphatic rings. The van der Waals surface area contributed by atoms with Crippen molar-refractivity contribution in [3.05, 3.63) is 28.2 Å². The van der Waals surface area contributed by atoms with E-state index in [-0.39, 0.29) is 41.1 Å². The molecule has 0 spiro atoms. The number of hydrogen-bond donors (Lipinski definition) is 1. The second-order valence-electron chi connectivity index (χ2n) is 6.02. The monoisotopic (exact) mass is 447 g/mol.